The molecule has 3 heterocycles. The number of aromatic nitrogens is 5. The van der Waals surface area contributed by atoms with Crippen LogP contribution in [0.5, 0.6) is 0 Å². The highest BCUT2D eigenvalue weighted by Crippen LogP contribution is 2.18. The van der Waals surface area contributed by atoms with Crippen molar-refractivity contribution in [3.8, 4) is 0 Å². The van der Waals surface area contributed by atoms with E-state index in [0.717, 1.165) is 41.5 Å². The zero-order valence-electron chi connectivity index (χ0n) is 19.1. The van der Waals surface area contributed by atoms with Crippen LogP contribution in [0, 0.1) is 12.7 Å². The molecule has 0 saturated carbocycles. The zero-order valence-corrected chi connectivity index (χ0v) is 19.1. The lowest BCUT2D eigenvalue weighted by molar-refractivity contribution is 0.0663. The molecule has 1 atom stereocenters. The lowest BCUT2D eigenvalue weighted by atomic mass is 10.1. The third kappa shape index (κ3) is 5.21. The van der Waals surface area contributed by atoms with Crippen LogP contribution in [0.1, 0.15) is 35.4 Å². The van der Waals surface area contributed by atoms with Crippen LogP contribution < -0.4 is 5.56 Å². The molecule has 1 fully saturated rings. The molecule has 8 nitrogen and oxygen atoms in total. The summed E-state index contributed by atoms with van der Waals surface area (Å²) in [5.41, 5.74) is 3.46. The highest BCUT2D eigenvalue weighted by Gasteiger charge is 2.22. The number of pyridine rings is 1. The minimum absolute atomic E-state index is 0.0976. The van der Waals surface area contributed by atoms with Gasteiger partial charge >= 0.3 is 0 Å². The maximum absolute atomic E-state index is 13.3. The molecule has 0 amide bonds. The fourth-order valence-corrected chi connectivity index (χ4v) is 4.41. The Hall–Kier alpha value is -3.43. The molecule has 0 radical (unpaired) electrons. The van der Waals surface area contributed by atoms with Crippen LogP contribution in [0.25, 0.3) is 10.9 Å². The standard InChI is InChI=1S/C25H27FN6O2/c1-17-4-9-23-19(11-17)12-20(25(33)27-23)14-31(15-22-3-2-10-34-22)16-24-28-29-30-32(24)13-18-5-7-21(26)8-6-18/h4-9,11-12,22H,2-3,10,13-16H2,1H3,(H,27,33)/t22-/m0/s1. The molecule has 1 saturated heterocycles. The number of nitrogens with zero attached hydrogens (tertiary/aromatic N) is 5. The topological polar surface area (TPSA) is 88.9 Å². The summed E-state index contributed by atoms with van der Waals surface area (Å²) in [7, 11) is 0. The van der Waals surface area contributed by atoms with Crippen molar-refractivity contribution in [1.82, 2.24) is 30.1 Å². The smallest absolute Gasteiger partial charge is 0.252 e. The van der Waals surface area contributed by atoms with Crippen LogP contribution in [-0.2, 0) is 24.4 Å². The Balaban J connectivity index is 1.39. The van der Waals surface area contributed by atoms with Gasteiger partial charge in [-0.3, -0.25) is 9.69 Å². The van der Waals surface area contributed by atoms with E-state index in [1.54, 1.807) is 16.8 Å². The van der Waals surface area contributed by atoms with Gasteiger partial charge in [0.25, 0.3) is 5.56 Å². The molecule has 2 aromatic heterocycles. The van der Waals surface area contributed by atoms with E-state index in [9.17, 15) is 9.18 Å². The van der Waals surface area contributed by atoms with Crippen molar-refractivity contribution in [2.24, 2.45) is 0 Å². The Labute approximate surface area is 196 Å². The molecule has 1 aliphatic heterocycles. The summed E-state index contributed by atoms with van der Waals surface area (Å²) in [6.07, 6.45) is 2.14. The summed E-state index contributed by atoms with van der Waals surface area (Å²) in [4.78, 5) is 18.0. The Kier molecular flexibility index (Phi) is 6.46. The number of halogens is 1. The third-order valence-corrected chi connectivity index (χ3v) is 6.17. The molecule has 176 valence electrons. The SMILES string of the molecule is Cc1ccc2[nH]c(=O)c(CN(Cc3nnnn3Cc3ccc(F)cc3)C[C@@H]3CCCO3)cc2c1. The molecule has 0 bridgehead atoms. The van der Waals surface area contributed by atoms with E-state index in [4.69, 9.17) is 4.74 Å². The molecule has 0 unspecified atom stereocenters. The van der Waals surface area contributed by atoms with E-state index in [1.165, 1.54) is 12.1 Å². The molecule has 4 aromatic rings. The molecular formula is C25H27FN6O2. The molecule has 0 spiro atoms. The normalized spacial score (nSPS) is 16.0. The van der Waals surface area contributed by atoms with Crippen LogP contribution in [0.2, 0.25) is 0 Å². The van der Waals surface area contributed by atoms with E-state index >= 15 is 0 Å². The summed E-state index contributed by atoms with van der Waals surface area (Å²) >= 11 is 0. The van der Waals surface area contributed by atoms with Crippen LogP contribution in [0.4, 0.5) is 4.39 Å². The van der Waals surface area contributed by atoms with Gasteiger partial charge < -0.3 is 9.72 Å². The van der Waals surface area contributed by atoms with Crippen molar-refractivity contribution in [2.45, 2.75) is 45.5 Å². The second-order valence-electron chi connectivity index (χ2n) is 8.90. The number of ether oxygens (including phenoxy) is 1. The Morgan fingerprint density at radius 3 is 2.82 bits per heavy atom. The van der Waals surface area contributed by atoms with E-state index < -0.39 is 0 Å². The van der Waals surface area contributed by atoms with Crippen molar-refractivity contribution in [3.05, 3.63) is 87.2 Å². The first-order valence-electron chi connectivity index (χ1n) is 11.5. The van der Waals surface area contributed by atoms with Crippen molar-refractivity contribution in [2.75, 3.05) is 13.2 Å². The quantitative estimate of drug-likeness (QED) is 0.433. The van der Waals surface area contributed by atoms with Gasteiger partial charge in [-0.2, -0.15) is 0 Å². The number of fused-ring (bicyclic) bond motifs is 1. The average molecular weight is 463 g/mol. The van der Waals surface area contributed by atoms with E-state index in [-0.39, 0.29) is 17.5 Å². The van der Waals surface area contributed by atoms with Crippen LogP contribution >= 0.6 is 0 Å². The first kappa shape index (κ1) is 22.4. The van der Waals surface area contributed by atoms with Crippen LogP contribution in [-0.4, -0.2) is 49.3 Å². The molecule has 1 N–H and O–H groups in total. The second-order valence-corrected chi connectivity index (χ2v) is 8.90. The predicted octanol–water partition coefficient (Wildman–Crippen LogP) is 3.19. The van der Waals surface area contributed by atoms with Gasteiger partial charge in [0.05, 0.1) is 19.2 Å². The first-order valence-corrected chi connectivity index (χ1v) is 11.5. The summed E-state index contributed by atoms with van der Waals surface area (Å²) in [6.45, 7) is 4.81. The molecule has 1 aliphatic rings. The number of tetrazole rings is 1. The first-order chi connectivity index (χ1) is 16.5. The Morgan fingerprint density at radius 2 is 2.03 bits per heavy atom. The maximum Gasteiger partial charge on any atom is 0.252 e. The maximum atomic E-state index is 13.3. The monoisotopic (exact) mass is 462 g/mol. The largest absolute Gasteiger partial charge is 0.377 e. The van der Waals surface area contributed by atoms with Crippen molar-refractivity contribution in [1.29, 1.82) is 0 Å². The van der Waals surface area contributed by atoms with Crippen molar-refractivity contribution in [3.63, 3.8) is 0 Å². The molecule has 9 heteroatoms. The van der Waals surface area contributed by atoms with Gasteiger partial charge in [-0.25, -0.2) is 9.07 Å². The van der Waals surface area contributed by atoms with Gasteiger partial charge in [-0.05, 0) is 71.5 Å². The number of hydrogen-bond donors (Lipinski definition) is 1. The number of aryl methyl sites for hydroxylation is 1. The minimum Gasteiger partial charge on any atom is -0.377 e. The fraction of sp³-hybridized carbons (Fsp3) is 0.360. The highest BCUT2D eigenvalue weighted by molar-refractivity contribution is 5.79. The number of benzene rings is 2. The number of rotatable bonds is 8. The zero-order chi connectivity index (χ0) is 23.5. The predicted molar refractivity (Wildman–Crippen MR) is 126 cm³/mol. The number of aromatic amines is 1. The van der Waals surface area contributed by atoms with E-state index in [0.29, 0.717) is 37.6 Å². The van der Waals surface area contributed by atoms with Gasteiger partial charge in [0.2, 0.25) is 0 Å². The summed E-state index contributed by atoms with van der Waals surface area (Å²) in [5.74, 6) is 0.398. The third-order valence-electron chi connectivity index (χ3n) is 6.17. The number of hydrogen-bond acceptors (Lipinski definition) is 6. The molecule has 5 rings (SSSR count). The Bertz CT molecular complexity index is 1330. The number of H-pyrrole nitrogens is 1. The van der Waals surface area contributed by atoms with Gasteiger partial charge in [0.15, 0.2) is 5.82 Å². The van der Waals surface area contributed by atoms with E-state index in [1.807, 2.05) is 25.1 Å². The van der Waals surface area contributed by atoms with Crippen molar-refractivity contribution >= 4 is 10.9 Å². The molecule has 0 aliphatic carbocycles. The van der Waals surface area contributed by atoms with Crippen molar-refractivity contribution < 1.29 is 9.13 Å². The van der Waals surface area contributed by atoms with E-state index in [2.05, 4.69) is 31.5 Å². The summed E-state index contributed by atoms with van der Waals surface area (Å²) < 4.78 is 20.9. The lowest BCUT2D eigenvalue weighted by Gasteiger charge is -2.24. The summed E-state index contributed by atoms with van der Waals surface area (Å²) in [6, 6.07) is 14.3. The van der Waals surface area contributed by atoms with Gasteiger partial charge in [0, 0.05) is 30.8 Å². The highest BCUT2D eigenvalue weighted by atomic mass is 19.1. The van der Waals surface area contributed by atoms with Gasteiger partial charge in [0.1, 0.15) is 5.82 Å². The molecular weight excluding hydrogens is 435 g/mol. The van der Waals surface area contributed by atoms with Gasteiger partial charge in [-0.1, -0.05) is 23.8 Å². The second kappa shape index (κ2) is 9.82. The average Bonchev–Trinajstić information content (AvgIpc) is 3.48. The Morgan fingerprint density at radius 1 is 1.18 bits per heavy atom. The lowest BCUT2D eigenvalue weighted by Crippen LogP contribution is -2.34. The van der Waals surface area contributed by atoms with Gasteiger partial charge in [-0.15, -0.1) is 5.10 Å². The fourth-order valence-electron chi connectivity index (χ4n) is 4.41. The summed E-state index contributed by atoms with van der Waals surface area (Å²) in [5, 5.41) is 13.2. The minimum atomic E-state index is -0.278. The molecule has 34 heavy (non-hydrogen) atoms. The molecule has 2 aromatic carbocycles. The van der Waals surface area contributed by atoms with Crippen LogP contribution in [0.15, 0.2) is 53.3 Å². The van der Waals surface area contributed by atoms with Crippen LogP contribution in [0.3, 0.4) is 0 Å². The number of nitrogens with one attached hydrogen (secondary N) is 1.